The van der Waals surface area contributed by atoms with Crippen molar-refractivity contribution in [2.75, 3.05) is 6.54 Å². The number of hydrogen-bond acceptors (Lipinski definition) is 5. The normalized spacial score (nSPS) is 18.7. The number of carbonyl (C=O) groups excluding carboxylic acids is 1. The topological polar surface area (TPSA) is 79.7 Å². The molecule has 4 aromatic rings. The molecule has 1 N–H and O–H groups in total. The minimum Gasteiger partial charge on any atom is -0.340 e. The van der Waals surface area contributed by atoms with Gasteiger partial charge in [-0.3, -0.25) is 4.79 Å². The highest BCUT2D eigenvalue weighted by Crippen LogP contribution is 2.41. The molecule has 1 fully saturated rings. The average Bonchev–Trinajstić information content (AvgIpc) is 3.52. The van der Waals surface area contributed by atoms with E-state index >= 15 is 0 Å². The third-order valence-electron chi connectivity index (χ3n) is 6.10. The van der Waals surface area contributed by atoms with Crippen LogP contribution in [-0.2, 0) is 5.54 Å². The SMILES string of the molecule is Cc1ccc(-n2nccn2)c(C(=O)N2CCCC2(C)c2nc3ccc(SC(F)(F)F)cc3[nH]2)c1. The summed E-state index contributed by atoms with van der Waals surface area (Å²) in [6, 6.07) is 9.94. The minimum atomic E-state index is -4.37. The number of nitrogens with zero attached hydrogens (tertiary/aromatic N) is 5. The van der Waals surface area contributed by atoms with E-state index in [0.717, 1.165) is 12.0 Å². The van der Waals surface area contributed by atoms with E-state index in [9.17, 15) is 18.0 Å². The number of thioether (sulfide) groups is 1. The van der Waals surface area contributed by atoms with Gasteiger partial charge in [0.15, 0.2) is 0 Å². The zero-order valence-electron chi connectivity index (χ0n) is 18.4. The van der Waals surface area contributed by atoms with Gasteiger partial charge in [0.2, 0.25) is 0 Å². The number of aromatic amines is 1. The Labute approximate surface area is 197 Å². The standard InChI is InChI=1S/C23H21F3N6OS/c1-14-4-7-19(32-27-9-10-28-32)16(12-14)20(33)31-11-3-8-22(31,2)21-29-17-6-5-15(13-18(17)30-21)34-23(24,25)26/h4-7,9-10,12-13H,3,8,11H2,1-2H3,(H,29,30). The van der Waals surface area contributed by atoms with Gasteiger partial charge >= 0.3 is 5.51 Å². The molecule has 5 rings (SSSR count). The molecule has 0 bridgehead atoms. The summed E-state index contributed by atoms with van der Waals surface area (Å²) in [4.78, 5) is 24.9. The Morgan fingerprint density at radius 3 is 2.65 bits per heavy atom. The molecular formula is C23H21F3N6OS. The maximum Gasteiger partial charge on any atom is 0.446 e. The lowest BCUT2D eigenvalue weighted by Crippen LogP contribution is -2.44. The van der Waals surface area contributed by atoms with Gasteiger partial charge in [0, 0.05) is 11.4 Å². The molecule has 1 amide bonds. The molecule has 1 aliphatic heterocycles. The smallest absolute Gasteiger partial charge is 0.340 e. The summed E-state index contributed by atoms with van der Waals surface area (Å²) in [5, 5.41) is 8.35. The number of aryl methyl sites for hydroxylation is 1. The van der Waals surface area contributed by atoms with E-state index in [0.29, 0.717) is 41.1 Å². The van der Waals surface area contributed by atoms with Gasteiger partial charge in [0.1, 0.15) is 5.82 Å². The zero-order valence-corrected chi connectivity index (χ0v) is 19.2. The van der Waals surface area contributed by atoms with Crippen LogP contribution in [0.4, 0.5) is 13.2 Å². The van der Waals surface area contributed by atoms with Gasteiger partial charge in [-0.2, -0.15) is 28.2 Å². The number of aromatic nitrogens is 5. The molecule has 3 heterocycles. The number of imidazole rings is 1. The second-order valence-corrected chi connectivity index (χ2v) is 9.62. The zero-order chi connectivity index (χ0) is 24.1. The van der Waals surface area contributed by atoms with Crippen LogP contribution in [-0.4, -0.2) is 47.8 Å². The Kier molecular flexibility index (Phi) is 5.38. The molecule has 1 saturated heterocycles. The number of amides is 1. The molecule has 0 saturated carbocycles. The van der Waals surface area contributed by atoms with E-state index in [1.165, 1.54) is 16.9 Å². The minimum absolute atomic E-state index is 0.0795. The first-order valence-corrected chi connectivity index (χ1v) is 11.5. The first kappa shape index (κ1) is 22.5. The van der Waals surface area contributed by atoms with E-state index in [-0.39, 0.29) is 22.6 Å². The fourth-order valence-corrected chi connectivity index (χ4v) is 5.04. The molecule has 1 aliphatic rings. The number of benzene rings is 2. The van der Waals surface area contributed by atoms with Crippen molar-refractivity contribution in [2.45, 2.75) is 42.6 Å². The van der Waals surface area contributed by atoms with Crippen LogP contribution in [0.15, 0.2) is 53.7 Å². The van der Waals surface area contributed by atoms with Gasteiger partial charge in [0.05, 0.1) is 40.2 Å². The fourth-order valence-electron chi connectivity index (χ4n) is 4.46. The van der Waals surface area contributed by atoms with Crippen LogP contribution < -0.4 is 0 Å². The Hall–Kier alpha value is -3.34. The Morgan fingerprint density at radius 1 is 1.15 bits per heavy atom. The highest BCUT2D eigenvalue weighted by molar-refractivity contribution is 8.00. The van der Waals surface area contributed by atoms with Crippen LogP contribution in [0, 0.1) is 6.92 Å². The van der Waals surface area contributed by atoms with Crippen molar-refractivity contribution < 1.29 is 18.0 Å². The molecule has 2 aromatic heterocycles. The van der Waals surface area contributed by atoms with E-state index in [4.69, 9.17) is 0 Å². The van der Waals surface area contributed by atoms with Crippen LogP contribution in [0.2, 0.25) is 0 Å². The molecule has 176 valence electrons. The number of H-pyrrole nitrogens is 1. The Morgan fingerprint density at radius 2 is 1.91 bits per heavy atom. The highest BCUT2D eigenvalue weighted by atomic mass is 32.2. The van der Waals surface area contributed by atoms with Gasteiger partial charge in [0.25, 0.3) is 5.91 Å². The van der Waals surface area contributed by atoms with Crippen LogP contribution in [0.5, 0.6) is 0 Å². The van der Waals surface area contributed by atoms with Crippen molar-refractivity contribution >= 4 is 28.7 Å². The molecule has 0 spiro atoms. The molecule has 1 atom stereocenters. The van der Waals surface area contributed by atoms with Crippen molar-refractivity contribution in [1.82, 2.24) is 29.9 Å². The van der Waals surface area contributed by atoms with Crippen molar-refractivity contribution in [3.8, 4) is 5.69 Å². The number of nitrogens with one attached hydrogen (secondary N) is 1. The number of alkyl halides is 3. The van der Waals surface area contributed by atoms with Crippen LogP contribution in [0.25, 0.3) is 16.7 Å². The van der Waals surface area contributed by atoms with E-state index in [1.54, 1.807) is 23.4 Å². The van der Waals surface area contributed by atoms with Gasteiger partial charge in [-0.05, 0) is 68.8 Å². The summed E-state index contributed by atoms with van der Waals surface area (Å²) in [5.74, 6) is 0.374. The first-order chi connectivity index (χ1) is 16.1. The number of rotatable bonds is 4. The summed E-state index contributed by atoms with van der Waals surface area (Å²) in [6.45, 7) is 4.38. The van der Waals surface area contributed by atoms with Gasteiger partial charge in [-0.1, -0.05) is 11.6 Å². The van der Waals surface area contributed by atoms with Gasteiger partial charge < -0.3 is 9.88 Å². The van der Waals surface area contributed by atoms with E-state index in [1.807, 2.05) is 32.0 Å². The molecule has 11 heteroatoms. The average molecular weight is 487 g/mol. The second-order valence-electron chi connectivity index (χ2n) is 8.49. The number of carbonyl (C=O) groups is 1. The second kappa shape index (κ2) is 8.15. The predicted octanol–water partition coefficient (Wildman–Crippen LogP) is 5.22. The lowest BCUT2D eigenvalue weighted by atomic mass is 9.96. The summed E-state index contributed by atoms with van der Waals surface area (Å²) >= 11 is -0.166. The summed E-state index contributed by atoms with van der Waals surface area (Å²) < 4.78 is 38.4. The summed E-state index contributed by atoms with van der Waals surface area (Å²) in [5.41, 5.74) is -2.07. The third-order valence-corrected chi connectivity index (χ3v) is 6.82. The lowest BCUT2D eigenvalue weighted by molar-refractivity contribution is -0.0328. The molecule has 34 heavy (non-hydrogen) atoms. The Bertz CT molecular complexity index is 1370. The first-order valence-electron chi connectivity index (χ1n) is 10.7. The Balaban J connectivity index is 1.52. The lowest BCUT2D eigenvalue weighted by Gasteiger charge is -2.34. The van der Waals surface area contributed by atoms with Crippen LogP contribution in [0.3, 0.4) is 0 Å². The van der Waals surface area contributed by atoms with E-state index < -0.39 is 11.0 Å². The molecule has 1 unspecified atom stereocenters. The molecule has 0 radical (unpaired) electrons. The largest absolute Gasteiger partial charge is 0.446 e. The summed E-state index contributed by atoms with van der Waals surface area (Å²) in [7, 11) is 0. The molecule has 7 nitrogen and oxygen atoms in total. The number of hydrogen-bond donors (Lipinski definition) is 1. The van der Waals surface area contributed by atoms with Crippen molar-refractivity contribution in [1.29, 1.82) is 0 Å². The monoisotopic (exact) mass is 486 g/mol. The van der Waals surface area contributed by atoms with Crippen LogP contribution in [0.1, 0.15) is 41.5 Å². The number of fused-ring (bicyclic) bond motifs is 1. The molecular weight excluding hydrogens is 465 g/mol. The van der Waals surface area contributed by atoms with Crippen molar-refractivity contribution in [2.24, 2.45) is 0 Å². The van der Waals surface area contributed by atoms with Gasteiger partial charge in [-0.15, -0.1) is 0 Å². The molecule has 0 aliphatic carbocycles. The third kappa shape index (κ3) is 4.04. The van der Waals surface area contributed by atoms with E-state index in [2.05, 4.69) is 20.2 Å². The quantitative estimate of drug-likeness (QED) is 0.401. The van der Waals surface area contributed by atoms with Crippen LogP contribution >= 0.6 is 11.8 Å². The maximum atomic E-state index is 13.8. The summed E-state index contributed by atoms with van der Waals surface area (Å²) in [6.07, 6.45) is 4.54. The number of likely N-dealkylation sites (tertiary alicyclic amines) is 1. The highest BCUT2D eigenvalue weighted by Gasteiger charge is 2.44. The fraction of sp³-hybridized carbons (Fsp3) is 0.304. The predicted molar refractivity (Wildman–Crippen MR) is 122 cm³/mol. The molecule has 2 aromatic carbocycles. The van der Waals surface area contributed by atoms with Crippen molar-refractivity contribution in [3.05, 3.63) is 65.7 Å². The van der Waals surface area contributed by atoms with Gasteiger partial charge in [-0.25, -0.2) is 4.98 Å². The maximum absolute atomic E-state index is 13.8. The van der Waals surface area contributed by atoms with Crippen molar-refractivity contribution in [3.63, 3.8) is 0 Å². The number of halogens is 3.